The molecule has 0 aromatic carbocycles. The van der Waals surface area contributed by atoms with Gasteiger partial charge in [0.05, 0.1) is 24.5 Å². The molecule has 0 amide bonds. The van der Waals surface area contributed by atoms with E-state index in [0.29, 0.717) is 12.5 Å². The lowest BCUT2D eigenvalue weighted by atomic mass is 10.2. The van der Waals surface area contributed by atoms with Gasteiger partial charge in [0.25, 0.3) is 0 Å². The number of carbonyl (C=O) groups is 1. The van der Waals surface area contributed by atoms with E-state index in [2.05, 4.69) is 0 Å². The van der Waals surface area contributed by atoms with Gasteiger partial charge in [-0.3, -0.25) is 0 Å². The summed E-state index contributed by atoms with van der Waals surface area (Å²) in [6, 6.07) is 0. The molecule has 0 fully saturated rings. The Hall–Kier alpha value is -0.990. The molecule has 0 N–H and O–H groups in total. The Labute approximate surface area is 86.1 Å². The third-order valence-electron chi connectivity index (χ3n) is 1.18. The number of esters is 1. The van der Waals surface area contributed by atoms with E-state index in [4.69, 9.17) is 9.47 Å². The molecule has 0 unspecified atom stereocenters. The summed E-state index contributed by atoms with van der Waals surface area (Å²) in [5, 5.41) is 0. The monoisotopic (exact) mass is 200 g/mol. The molecule has 14 heavy (non-hydrogen) atoms. The zero-order valence-corrected chi connectivity index (χ0v) is 9.66. The molecule has 0 spiro atoms. The minimum absolute atomic E-state index is 0.269. The van der Waals surface area contributed by atoms with Crippen LogP contribution in [0.5, 0.6) is 0 Å². The molecule has 0 radical (unpaired) electrons. The van der Waals surface area contributed by atoms with Gasteiger partial charge >= 0.3 is 5.97 Å². The average Bonchev–Trinajstić information content (AvgIpc) is 1.98. The van der Waals surface area contributed by atoms with E-state index in [1.165, 1.54) is 12.3 Å². The summed E-state index contributed by atoms with van der Waals surface area (Å²) in [6.45, 7) is 10.2. The molecule has 0 aromatic rings. The van der Waals surface area contributed by atoms with Crippen molar-refractivity contribution in [1.29, 1.82) is 0 Å². The van der Waals surface area contributed by atoms with E-state index in [1.807, 2.05) is 34.6 Å². The molecule has 0 aliphatic rings. The smallest absolute Gasteiger partial charge is 0.333 e. The highest BCUT2D eigenvalue weighted by molar-refractivity contribution is 5.81. The van der Waals surface area contributed by atoms with Crippen molar-refractivity contribution in [3.05, 3.63) is 12.3 Å². The Bertz CT molecular complexity index is 199. The van der Waals surface area contributed by atoms with Gasteiger partial charge in [-0.15, -0.1) is 0 Å². The highest BCUT2D eigenvalue weighted by Gasteiger charge is 2.08. The highest BCUT2D eigenvalue weighted by Crippen LogP contribution is 2.06. The standard InChI is InChI=1S/C11H20O3/c1-9(2)8-13-10(12)6-7-14-11(3,4)5/h6-7,9H,8H2,1-5H3. The number of rotatable bonds is 4. The van der Waals surface area contributed by atoms with Crippen molar-refractivity contribution in [2.45, 2.75) is 40.2 Å². The molecule has 3 heteroatoms. The quantitative estimate of drug-likeness (QED) is 0.397. The Morgan fingerprint density at radius 1 is 1.36 bits per heavy atom. The first kappa shape index (κ1) is 13.0. The molecule has 0 bridgehead atoms. The molecule has 0 heterocycles. The van der Waals surface area contributed by atoms with Crippen molar-refractivity contribution in [3.63, 3.8) is 0 Å². The molecule has 0 aliphatic heterocycles. The van der Waals surface area contributed by atoms with Crippen molar-refractivity contribution in [3.8, 4) is 0 Å². The van der Waals surface area contributed by atoms with Gasteiger partial charge in [0.15, 0.2) is 0 Å². The molecular weight excluding hydrogens is 180 g/mol. The number of hydrogen-bond acceptors (Lipinski definition) is 3. The molecule has 82 valence electrons. The van der Waals surface area contributed by atoms with Crippen LogP contribution in [0.3, 0.4) is 0 Å². The molecule has 0 aliphatic carbocycles. The lowest BCUT2D eigenvalue weighted by Gasteiger charge is -2.17. The third-order valence-corrected chi connectivity index (χ3v) is 1.18. The maximum absolute atomic E-state index is 11.0. The second-order valence-corrected chi connectivity index (χ2v) is 4.56. The van der Waals surface area contributed by atoms with Crippen LogP contribution < -0.4 is 0 Å². The number of carbonyl (C=O) groups excluding carboxylic acids is 1. The van der Waals surface area contributed by atoms with Crippen LogP contribution in [-0.2, 0) is 14.3 Å². The van der Waals surface area contributed by atoms with Crippen LogP contribution in [0.4, 0.5) is 0 Å². The van der Waals surface area contributed by atoms with Gasteiger partial charge in [-0.25, -0.2) is 4.79 Å². The average molecular weight is 200 g/mol. The highest BCUT2D eigenvalue weighted by atomic mass is 16.5. The van der Waals surface area contributed by atoms with Crippen LogP contribution in [-0.4, -0.2) is 18.2 Å². The van der Waals surface area contributed by atoms with Gasteiger partial charge in [-0.1, -0.05) is 13.8 Å². The summed E-state index contributed by atoms with van der Waals surface area (Å²) in [5.74, 6) is -0.00108. The summed E-state index contributed by atoms with van der Waals surface area (Å²) in [6.07, 6.45) is 2.68. The molecule has 0 rings (SSSR count). The Kier molecular flexibility index (Phi) is 5.28. The van der Waals surface area contributed by atoms with Crippen LogP contribution in [0.25, 0.3) is 0 Å². The van der Waals surface area contributed by atoms with Crippen molar-refractivity contribution in [1.82, 2.24) is 0 Å². The largest absolute Gasteiger partial charge is 0.495 e. The van der Waals surface area contributed by atoms with Crippen molar-refractivity contribution >= 4 is 5.97 Å². The van der Waals surface area contributed by atoms with Crippen LogP contribution in [0.1, 0.15) is 34.6 Å². The second kappa shape index (κ2) is 5.68. The summed E-state index contributed by atoms with van der Waals surface area (Å²) < 4.78 is 10.1. The summed E-state index contributed by atoms with van der Waals surface area (Å²) >= 11 is 0. The van der Waals surface area contributed by atoms with Crippen molar-refractivity contribution < 1.29 is 14.3 Å². The maximum Gasteiger partial charge on any atom is 0.333 e. The van der Waals surface area contributed by atoms with Gasteiger partial charge in [0.2, 0.25) is 0 Å². The number of ether oxygens (including phenoxy) is 2. The Morgan fingerprint density at radius 3 is 2.36 bits per heavy atom. The first-order chi connectivity index (χ1) is 6.31. The van der Waals surface area contributed by atoms with Crippen LogP contribution >= 0.6 is 0 Å². The summed E-state index contributed by atoms with van der Waals surface area (Å²) in [7, 11) is 0. The predicted molar refractivity (Wildman–Crippen MR) is 55.8 cm³/mol. The topological polar surface area (TPSA) is 35.5 Å². The molecule has 0 saturated carbocycles. The zero-order chi connectivity index (χ0) is 11.2. The SMILES string of the molecule is CC(C)COC(=O)C=COC(C)(C)C. The fourth-order valence-electron chi connectivity index (χ4n) is 0.591. The van der Waals surface area contributed by atoms with Crippen LogP contribution in [0.2, 0.25) is 0 Å². The fraction of sp³-hybridized carbons (Fsp3) is 0.727. The van der Waals surface area contributed by atoms with E-state index in [9.17, 15) is 4.79 Å². The lowest BCUT2D eigenvalue weighted by Crippen LogP contribution is -2.15. The van der Waals surface area contributed by atoms with Gasteiger partial charge in [-0.05, 0) is 26.7 Å². The second-order valence-electron chi connectivity index (χ2n) is 4.56. The first-order valence-corrected chi connectivity index (χ1v) is 4.82. The van der Waals surface area contributed by atoms with E-state index in [1.54, 1.807) is 0 Å². The summed E-state index contributed by atoms with van der Waals surface area (Å²) in [5.41, 5.74) is -0.269. The Morgan fingerprint density at radius 2 is 1.93 bits per heavy atom. The Balaban J connectivity index is 3.72. The molecule has 0 aromatic heterocycles. The predicted octanol–water partition coefficient (Wildman–Crippen LogP) is 2.51. The third kappa shape index (κ3) is 9.10. The van der Waals surface area contributed by atoms with E-state index in [-0.39, 0.29) is 11.6 Å². The van der Waals surface area contributed by atoms with Gasteiger partial charge in [-0.2, -0.15) is 0 Å². The first-order valence-electron chi connectivity index (χ1n) is 4.82. The van der Waals surface area contributed by atoms with E-state index < -0.39 is 0 Å². The summed E-state index contributed by atoms with van der Waals surface area (Å²) in [4.78, 5) is 11.0. The molecule has 0 saturated heterocycles. The zero-order valence-electron chi connectivity index (χ0n) is 9.66. The molecular formula is C11H20O3. The van der Waals surface area contributed by atoms with Gasteiger partial charge < -0.3 is 9.47 Å². The maximum atomic E-state index is 11.0. The molecule has 0 atom stereocenters. The van der Waals surface area contributed by atoms with Gasteiger partial charge in [0.1, 0.15) is 0 Å². The van der Waals surface area contributed by atoms with Crippen molar-refractivity contribution in [2.75, 3.05) is 6.61 Å². The number of hydrogen-bond donors (Lipinski definition) is 0. The van der Waals surface area contributed by atoms with E-state index >= 15 is 0 Å². The minimum atomic E-state index is -0.358. The van der Waals surface area contributed by atoms with Crippen LogP contribution in [0, 0.1) is 5.92 Å². The van der Waals surface area contributed by atoms with Crippen molar-refractivity contribution in [2.24, 2.45) is 5.92 Å². The van der Waals surface area contributed by atoms with Crippen LogP contribution in [0.15, 0.2) is 12.3 Å². The normalized spacial score (nSPS) is 12.1. The lowest BCUT2D eigenvalue weighted by molar-refractivity contribution is -0.138. The molecule has 3 nitrogen and oxygen atoms in total. The van der Waals surface area contributed by atoms with Gasteiger partial charge in [0, 0.05) is 0 Å². The van der Waals surface area contributed by atoms with E-state index in [0.717, 1.165) is 0 Å². The minimum Gasteiger partial charge on any atom is -0.495 e. The fourth-order valence-corrected chi connectivity index (χ4v) is 0.591.